The Labute approximate surface area is 87.3 Å². The Balaban J connectivity index is 2.45. The lowest BCUT2D eigenvalue weighted by atomic mass is 10.2. The van der Waals surface area contributed by atoms with Crippen LogP contribution in [0.1, 0.15) is 11.3 Å². The molecule has 0 aliphatic rings. The van der Waals surface area contributed by atoms with Crippen LogP contribution < -0.4 is 5.73 Å². The van der Waals surface area contributed by atoms with E-state index >= 15 is 0 Å². The summed E-state index contributed by atoms with van der Waals surface area (Å²) in [6, 6.07) is 6.21. The van der Waals surface area contributed by atoms with Gasteiger partial charge in [-0.25, -0.2) is 9.07 Å². The van der Waals surface area contributed by atoms with Gasteiger partial charge in [-0.1, -0.05) is 0 Å². The average molecular weight is 205 g/mol. The van der Waals surface area contributed by atoms with Crippen molar-refractivity contribution in [3.05, 3.63) is 47.5 Å². The topological polar surface area (TPSA) is 43.8 Å². The van der Waals surface area contributed by atoms with Crippen molar-refractivity contribution in [1.29, 1.82) is 0 Å². The van der Waals surface area contributed by atoms with E-state index in [0.717, 1.165) is 16.9 Å². The van der Waals surface area contributed by atoms with E-state index in [1.54, 1.807) is 23.0 Å². The van der Waals surface area contributed by atoms with Crippen LogP contribution in [0.3, 0.4) is 0 Å². The largest absolute Gasteiger partial charge is 0.326 e. The van der Waals surface area contributed by atoms with Gasteiger partial charge in [0.25, 0.3) is 0 Å². The molecule has 0 saturated heterocycles. The minimum atomic E-state index is -0.248. The summed E-state index contributed by atoms with van der Waals surface area (Å²) in [4.78, 5) is 0. The lowest BCUT2D eigenvalue weighted by Gasteiger charge is -2.04. The number of hydrogen-bond acceptors (Lipinski definition) is 2. The maximum absolute atomic E-state index is 12.7. The molecule has 2 rings (SSSR count). The first-order valence-corrected chi connectivity index (χ1v) is 4.72. The number of rotatable bonds is 2. The molecule has 2 N–H and O–H groups in total. The van der Waals surface area contributed by atoms with Gasteiger partial charge >= 0.3 is 0 Å². The van der Waals surface area contributed by atoms with Crippen LogP contribution >= 0.6 is 0 Å². The zero-order chi connectivity index (χ0) is 10.8. The molecule has 0 amide bonds. The first-order valence-electron chi connectivity index (χ1n) is 4.72. The van der Waals surface area contributed by atoms with Crippen molar-refractivity contribution in [2.75, 3.05) is 0 Å². The van der Waals surface area contributed by atoms with Crippen LogP contribution in [0.2, 0.25) is 0 Å². The van der Waals surface area contributed by atoms with Crippen LogP contribution in [0.15, 0.2) is 30.5 Å². The molecule has 0 bridgehead atoms. The van der Waals surface area contributed by atoms with Gasteiger partial charge in [-0.3, -0.25) is 0 Å². The van der Waals surface area contributed by atoms with Gasteiger partial charge in [0.1, 0.15) is 5.82 Å². The Morgan fingerprint density at radius 3 is 2.53 bits per heavy atom. The Bertz CT molecular complexity index is 459. The molecule has 0 saturated carbocycles. The number of benzene rings is 1. The highest BCUT2D eigenvalue weighted by Gasteiger charge is 2.06. The van der Waals surface area contributed by atoms with Gasteiger partial charge in [-0.2, -0.15) is 5.10 Å². The molecule has 0 aliphatic heterocycles. The number of halogens is 1. The third-order valence-corrected chi connectivity index (χ3v) is 2.40. The first-order chi connectivity index (χ1) is 7.22. The predicted molar refractivity (Wildman–Crippen MR) is 56.2 cm³/mol. The van der Waals surface area contributed by atoms with E-state index in [2.05, 4.69) is 5.10 Å². The minimum Gasteiger partial charge on any atom is -0.326 e. The number of nitrogens with zero attached hydrogens (tertiary/aromatic N) is 2. The summed E-state index contributed by atoms with van der Waals surface area (Å²) in [6.45, 7) is 2.41. The first kappa shape index (κ1) is 9.86. The molecule has 0 aliphatic carbocycles. The fraction of sp³-hybridized carbons (Fsp3) is 0.182. The van der Waals surface area contributed by atoms with Crippen LogP contribution in [-0.2, 0) is 6.54 Å². The normalized spacial score (nSPS) is 10.6. The molecule has 78 valence electrons. The van der Waals surface area contributed by atoms with E-state index in [-0.39, 0.29) is 5.82 Å². The zero-order valence-electron chi connectivity index (χ0n) is 8.44. The molecule has 0 unspecified atom stereocenters. The lowest BCUT2D eigenvalue weighted by Crippen LogP contribution is -2.01. The fourth-order valence-electron chi connectivity index (χ4n) is 1.49. The molecule has 1 aromatic heterocycles. The Morgan fingerprint density at radius 2 is 2.00 bits per heavy atom. The Morgan fingerprint density at radius 1 is 1.33 bits per heavy atom. The van der Waals surface area contributed by atoms with Gasteiger partial charge < -0.3 is 5.73 Å². The Hall–Kier alpha value is -1.68. The summed E-state index contributed by atoms with van der Waals surface area (Å²) >= 11 is 0. The molecule has 0 fully saturated rings. The van der Waals surface area contributed by atoms with E-state index in [4.69, 9.17) is 5.73 Å². The smallest absolute Gasteiger partial charge is 0.123 e. The average Bonchev–Trinajstić information content (AvgIpc) is 2.61. The molecule has 0 spiro atoms. The van der Waals surface area contributed by atoms with Crippen molar-refractivity contribution in [3.63, 3.8) is 0 Å². The molecule has 3 nitrogen and oxygen atoms in total. The molecule has 0 atom stereocenters. The second-order valence-electron chi connectivity index (χ2n) is 3.35. The van der Waals surface area contributed by atoms with Crippen LogP contribution in [0.4, 0.5) is 4.39 Å². The van der Waals surface area contributed by atoms with E-state index in [0.29, 0.717) is 6.54 Å². The zero-order valence-corrected chi connectivity index (χ0v) is 8.44. The van der Waals surface area contributed by atoms with Gasteiger partial charge in [0.05, 0.1) is 11.9 Å². The van der Waals surface area contributed by atoms with Crippen molar-refractivity contribution in [1.82, 2.24) is 9.78 Å². The standard InChI is InChI=1S/C11H12FN3/c1-8-9(6-13)7-14-15(8)11-4-2-10(12)3-5-11/h2-5,7H,6,13H2,1H3. The van der Waals surface area contributed by atoms with Gasteiger partial charge in [0, 0.05) is 17.8 Å². The highest BCUT2D eigenvalue weighted by atomic mass is 19.1. The molecule has 15 heavy (non-hydrogen) atoms. The number of aromatic nitrogens is 2. The van der Waals surface area contributed by atoms with Crippen LogP contribution in [0.25, 0.3) is 5.69 Å². The van der Waals surface area contributed by atoms with E-state index in [9.17, 15) is 4.39 Å². The van der Waals surface area contributed by atoms with Crippen LogP contribution in [0.5, 0.6) is 0 Å². The maximum Gasteiger partial charge on any atom is 0.123 e. The molecule has 2 aromatic rings. The van der Waals surface area contributed by atoms with Gasteiger partial charge in [0.2, 0.25) is 0 Å². The van der Waals surface area contributed by atoms with E-state index in [1.165, 1.54) is 12.1 Å². The molecular formula is C11H12FN3. The highest BCUT2D eigenvalue weighted by Crippen LogP contribution is 2.13. The lowest BCUT2D eigenvalue weighted by molar-refractivity contribution is 0.627. The Kier molecular flexibility index (Phi) is 2.51. The van der Waals surface area contributed by atoms with Crippen molar-refractivity contribution in [2.24, 2.45) is 5.73 Å². The van der Waals surface area contributed by atoms with Crippen molar-refractivity contribution in [2.45, 2.75) is 13.5 Å². The highest BCUT2D eigenvalue weighted by molar-refractivity contribution is 5.34. The van der Waals surface area contributed by atoms with Gasteiger partial charge in [-0.15, -0.1) is 0 Å². The summed E-state index contributed by atoms with van der Waals surface area (Å²) in [5, 5.41) is 4.20. The second kappa shape index (κ2) is 3.82. The summed E-state index contributed by atoms with van der Waals surface area (Å²) in [5.74, 6) is -0.248. The summed E-state index contributed by atoms with van der Waals surface area (Å²) in [5.41, 5.74) is 8.38. The van der Waals surface area contributed by atoms with Crippen LogP contribution in [0, 0.1) is 12.7 Å². The molecule has 0 radical (unpaired) electrons. The van der Waals surface area contributed by atoms with Crippen molar-refractivity contribution >= 4 is 0 Å². The summed E-state index contributed by atoms with van der Waals surface area (Å²) in [7, 11) is 0. The maximum atomic E-state index is 12.7. The summed E-state index contributed by atoms with van der Waals surface area (Å²) < 4.78 is 14.5. The molecule has 4 heteroatoms. The number of nitrogens with two attached hydrogens (primary N) is 1. The van der Waals surface area contributed by atoms with E-state index < -0.39 is 0 Å². The second-order valence-corrected chi connectivity index (χ2v) is 3.35. The summed E-state index contributed by atoms with van der Waals surface area (Å²) in [6.07, 6.45) is 1.73. The molecule has 1 aromatic carbocycles. The van der Waals surface area contributed by atoms with Crippen molar-refractivity contribution < 1.29 is 4.39 Å². The fourth-order valence-corrected chi connectivity index (χ4v) is 1.49. The quantitative estimate of drug-likeness (QED) is 0.812. The SMILES string of the molecule is Cc1c(CN)cnn1-c1ccc(F)cc1. The van der Waals surface area contributed by atoms with Gasteiger partial charge in [-0.05, 0) is 31.2 Å². The third kappa shape index (κ3) is 1.76. The number of hydrogen-bond donors (Lipinski definition) is 1. The monoisotopic (exact) mass is 205 g/mol. The van der Waals surface area contributed by atoms with Gasteiger partial charge in [0.15, 0.2) is 0 Å². The molecule has 1 heterocycles. The van der Waals surface area contributed by atoms with E-state index in [1.807, 2.05) is 6.92 Å². The van der Waals surface area contributed by atoms with Crippen LogP contribution in [-0.4, -0.2) is 9.78 Å². The molecular weight excluding hydrogens is 193 g/mol. The minimum absolute atomic E-state index is 0.248. The van der Waals surface area contributed by atoms with Crippen molar-refractivity contribution in [3.8, 4) is 5.69 Å². The third-order valence-electron chi connectivity index (χ3n) is 2.40. The predicted octanol–water partition coefficient (Wildman–Crippen LogP) is 1.78.